The van der Waals surface area contributed by atoms with Gasteiger partial charge in [-0.2, -0.15) is 0 Å². The molecule has 0 saturated carbocycles. The van der Waals surface area contributed by atoms with E-state index < -0.39 is 0 Å². The van der Waals surface area contributed by atoms with Gasteiger partial charge < -0.3 is 10.2 Å². The highest BCUT2D eigenvalue weighted by Crippen LogP contribution is 2.30. The average Bonchev–Trinajstić information content (AvgIpc) is 2.47. The number of halogens is 1. The third kappa shape index (κ3) is 2.53. The van der Waals surface area contributed by atoms with E-state index in [1.54, 1.807) is 6.07 Å². The molecular weight excluding hydrogens is 241 g/mol. The van der Waals surface area contributed by atoms with Crippen molar-refractivity contribution in [2.24, 2.45) is 0 Å². The lowest BCUT2D eigenvalue weighted by Crippen LogP contribution is -2.50. The van der Waals surface area contributed by atoms with Crippen molar-refractivity contribution in [3.8, 4) is 0 Å². The van der Waals surface area contributed by atoms with E-state index in [0.29, 0.717) is 0 Å². The van der Waals surface area contributed by atoms with E-state index in [2.05, 4.69) is 22.0 Å². The molecule has 1 fully saturated rings. The minimum absolute atomic E-state index is 0.0399. The molecule has 0 amide bonds. The van der Waals surface area contributed by atoms with Gasteiger partial charge in [-0.15, -0.1) is 0 Å². The molecule has 0 unspecified atom stereocenters. The van der Waals surface area contributed by atoms with Gasteiger partial charge in [0.05, 0.1) is 6.04 Å². The van der Waals surface area contributed by atoms with Gasteiger partial charge in [-0.3, -0.25) is 4.90 Å². The average molecular weight is 263 g/mol. The molecule has 104 valence electrons. The van der Waals surface area contributed by atoms with Gasteiger partial charge in [0.2, 0.25) is 0 Å². The largest absolute Gasteiger partial charge is 0.311 e. The van der Waals surface area contributed by atoms with Crippen molar-refractivity contribution in [2.75, 3.05) is 39.3 Å². The van der Waals surface area contributed by atoms with Crippen LogP contribution in [0.1, 0.15) is 24.1 Å². The highest BCUT2D eigenvalue weighted by atomic mass is 19.1. The second-order valence-electron chi connectivity index (χ2n) is 5.43. The van der Waals surface area contributed by atoms with Crippen LogP contribution in [0, 0.1) is 5.82 Å². The molecule has 1 aromatic rings. The lowest BCUT2D eigenvalue weighted by molar-refractivity contribution is 0.0932. The lowest BCUT2D eigenvalue weighted by atomic mass is 9.94. The van der Waals surface area contributed by atoms with Gasteiger partial charge in [0.1, 0.15) is 5.82 Å². The van der Waals surface area contributed by atoms with E-state index in [-0.39, 0.29) is 11.9 Å². The Kier molecular flexibility index (Phi) is 3.82. The Morgan fingerprint density at radius 3 is 2.79 bits per heavy atom. The zero-order valence-electron chi connectivity index (χ0n) is 11.5. The third-order valence-electron chi connectivity index (χ3n) is 4.42. The molecule has 2 aliphatic heterocycles. The maximum Gasteiger partial charge on any atom is 0.128 e. The Labute approximate surface area is 114 Å². The monoisotopic (exact) mass is 263 g/mol. The number of piperazine rings is 1. The lowest BCUT2D eigenvalue weighted by Gasteiger charge is -2.41. The molecule has 4 heteroatoms. The second kappa shape index (κ2) is 5.57. The van der Waals surface area contributed by atoms with E-state index in [9.17, 15) is 4.39 Å². The molecule has 3 rings (SSSR count). The first-order valence-corrected chi connectivity index (χ1v) is 7.24. The van der Waals surface area contributed by atoms with Gasteiger partial charge in [-0.1, -0.05) is 19.1 Å². The van der Waals surface area contributed by atoms with E-state index in [4.69, 9.17) is 0 Å². The van der Waals surface area contributed by atoms with Crippen molar-refractivity contribution in [3.63, 3.8) is 0 Å². The highest BCUT2D eigenvalue weighted by molar-refractivity contribution is 5.33. The molecule has 1 N–H and O–H groups in total. The van der Waals surface area contributed by atoms with Crippen molar-refractivity contribution in [1.29, 1.82) is 0 Å². The van der Waals surface area contributed by atoms with Crippen LogP contribution in [0.25, 0.3) is 0 Å². The van der Waals surface area contributed by atoms with Gasteiger partial charge in [0.25, 0.3) is 0 Å². The van der Waals surface area contributed by atoms with Gasteiger partial charge in [-0.25, -0.2) is 4.39 Å². The molecule has 0 aromatic heterocycles. The van der Waals surface area contributed by atoms with Crippen LogP contribution in [0.15, 0.2) is 18.2 Å². The Morgan fingerprint density at radius 2 is 2.05 bits per heavy atom. The SMILES string of the molecule is CCN1CCN([C@@H]2CNCc3cccc(F)c32)CC1. The molecule has 0 radical (unpaired) electrons. The van der Waals surface area contributed by atoms with Crippen LogP contribution >= 0.6 is 0 Å². The number of hydrogen-bond acceptors (Lipinski definition) is 3. The minimum atomic E-state index is -0.0399. The van der Waals surface area contributed by atoms with Gasteiger partial charge in [0, 0.05) is 44.8 Å². The molecule has 0 bridgehead atoms. The third-order valence-corrected chi connectivity index (χ3v) is 4.42. The highest BCUT2D eigenvalue weighted by Gasteiger charge is 2.30. The first kappa shape index (κ1) is 13.0. The van der Waals surface area contributed by atoms with Crippen LogP contribution in [0.2, 0.25) is 0 Å². The Hall–Kier alpha value is -0.970. The topological polar surface area (TPSA) is 18.5 Å². The molecule has 0 spiro atoms. The molecule has 1 atom stereocenters. The summed E-state index contributed by atoms with van der Waals surface area (Å²) in [5.74, 6) is -0.0399. The molecule has 0 aliphatic carbocycles. The van der Waals surface area contributed by atoms with E-state index in [1.165, 1.54) is 0 Å². The van der Waals surface area contributed by atoms with Crippen molar-refractivity contribution < 1.29 is 4.39 Å². The molecular formula is C15H22FN3. The fraction of sp³-hybridized carbons (Fsp3) is 0.600. The molecule has 19 heavy (non-hydrogen) atoms. The first-order chi connectivity index (χ1) is 9.29. The number of nitrogens with one attached hydrogen (secondary N) is 1. The summed E-state index contributed by atoms with van der Waals surface area (Å²) in [4.78, 5) is 4.88. The van der Waals surface area contributed by atoms with Crippen molar-refractivity contribution >= 4 is 0 Å². The normalized spacial score (nSPS) is 25.3. The van der Waals surface area contributed by atoms with Crippen LogP contribution in [-0.2, 0) is 6.54 Å². The standard InChI is InChI=1S/C15H22FN3/c1-2-18-6-8-19(9-7-18)14-11-17-10-12-4-3-5-13(16)15(12)14/h3-5,14,17H,2,6-11H2,1H3/t14-/m1/s1. The number of benzene rings is 1. The molecule has 1 aromatic carbocycles. The second-order valence-corrected chi connectivity index (χ2v) is 5.43. The number of fused-ring (bicyclic) bond motifs is 1. The predicted octanol–water partition coefficient (Wildman–Crippen LogP) is 1.61. The molecule has 1 saturated heterocycles. The fourth-order valence-corrected chi connectivity index (χ4v) is 3.26. The minimum Gasteiger partial charge on any atom is -0.311 e. The van der Waals surface area contributed by atoms with Crippen molar-refractivity contribution in [3.05, 3.63) is 35.1 Å². The maximum atomic E-state index is 14.2. The summed E-state index contributed by atoms with van der Waals surface area (Å²) in [5, 5.41) is 3.42. The van der Waals surface area contributed by atoms with Crippen molar-refractivity contribution in [2.45, 2.75) is 19.5 Å². The van der Waals surface area contributed by atoms with Crippen molar-refractivity contribution in [1.82, 2.24) is 15.1 Å². The fourth-order valence-electron chi connectivity index (χ4n) is 3.26. The van der Waals surface area contributed by atoms with Crippen LogP contribution in [0.3, 0.4) is 0 Å². The summed E-state index contributed by atoms with van der Waals surface area (Å²) >= 11 is 0. The first-order valence-electron chi connectivity index (χ1n) is 7.24. The van der Waals surface area contributed by atoms with Crippen LogP contribution in [-0.4, -0.2) is 49.1 Å². The zero-order valence-corrected chi connectivity index (χ0v) is 11.5. The number of hydrogen-bond donors (Lipinski definition) is 1. The quantitative estimate of drug-likeness (QED) is 0.874. The van der Waals surface area contributed by atoms with E-state index in [0.717, 1.165) is 56.9 Å². The Morgan fingerprint density at radius 1 is 1.26 bits per heavy atom. The summed E-state index contributed by atoms with van der Waals surface area (Å²) in [6.07, 6.45) is 0. The van der Waals surface area contributed by atoms with Crippen LogP contribution in [0.4, 0.5) is 4.39 Å². The van der Waals surface area contributed by atoms with Crippen LogP contribution < -0.4 is 5.32 Å². The Bertz CT molecular complexity index is 441. The summed E-state index contributed by atoms with van der Waals surface area (Å²) in [6, 6.07) is 5.65. The molecule has 3 nitrogen and oxygen atoms in total. The van der Waals surface area contributed by atoms with Crippen LogP contribution in [0.5, 0.6) is 0 Å². The smallest absolute Gasteiger partial charge is 0.128 e. The summed E-state index contributed by atoms with van der Waals surface area (Å²) in [7, 11) is 0. The van der Waals surface area contributed by atoms with Gasteiger partial charge in [0.15, 0.2) is 0 Å². The predicted molar refractivity (Wildman–Crippen MR) is 74.5 cm³/mol. The Balaban J connectivity index is 1.80. The zero-order chi connectivity index (χ0) is 13.2. The maximum absolute atomic E-state index is 14.2. The summed E-state index contributed by atoms with van der Waals surface area (Å²) in [6.45, 7) is 9.22. The van der Waals surface area contributed by atoms with E-state index in [1.807, 2.05) is 12.1 Å². The number of nitrogens with zero attached hydrogens (tertiary/aromatic N) is 2. The molecule has 2 heterocycles. The number of rotatable bonds is 2. The van der Waals surface area contributed by atoms with Gasteiger partial charge >= 0.3 is 0 Å². The summed E-state index contributed by atoms with van der Waals surface area (Å²) in [5.41, 5.74) is 2.04. The summed E-state index contributed by atoms with van der Waals surface area (Å²) < 4.78 is 14.2. The van der Waals surface area contributed by atoms with E-state index >= 15 is 0 Å². The van der Waals surface area contributed by atoms with Gasteiger partial charge in [-0.05, 0) is 18.2 Å². The number of likely N-dealkylation sites (N-methyl/N-ethyl adjacent to an activating group) is 1. The molecule has 2 aliphatic rings.